The topological polar surface area (TPSA) is 53.2 Å². The van der Waals surface area contributed by atoms with E-state index in [9.17, 15) is 9.90 Å². The number of carbonyl (C=O) groups is 1. The zero-order valence-corrected chi connectivity index (χ0v) is 11.9. The Morgan fingerprint density at radius 1 is 1.30 bits per heavy atom. The predicted molar refractivity (Wildman–Crippen MR) is 77.7 cm³/mol. The molecule has 0 aliphatic carbocycles. The Morgan fingerprint density at radius 2 is 2.00 bits per heavy atom. The van der Waals surface area contributed by atoms with Crippen molar-refractivity contribution in [2.24, 2.45) is 0 Å². The predicted octanol–water partition coefficient (Wildman–Crippen LogP) is 2.67. The van der Waals surface area contributed by atoms with Crippen LogP contribution in [0.3, 0.4) is 0 Å². The molecule has 0 fully saturated rings. The van der Waals surface area contributed by atoms with Gasteiger partial charge in [0.15, 0.2) is 18.9 Å². The molecule has 4 nitrogen and oxygen atoms in total. The second-order valence-electron chi connectivity index (χ2n) is 4.57. The Bertz CT molecular complexity index is 612. The van der Waals surface area contributed by atoms with E-state index < -0.39 is 0 Å². The van der Waals surface area contributed by atoms with E-state index >= 15 is 0 Å². The van der Waals surface area contributed by atoms with Crippen LogP contribution in [0.5, 0.6) is 5.75 Å². The number of amides is 1. The molecule has 1 aromatic carbocycles. The molecule has 20 heavy (non-hydrogen) atoms. The molecule has 0 radical (unpaired) electrons. The first-order valence-electron chi connectivity index (χ1n) is 6.28. The molecule has 0 unspecified atom stereocenters. The number of nitrogens with one attached hydrogen (secondary N) is 1. The summed E-state index contributed by atoms with van der Waals surface area (Å²) in [5, 5.41) is 12.7. The lowest BCUT2D eigenvalue weighted by Gasteiger charge is -2.06. The van der Waals surface area contributed by atoms with E-state index in [1.165, 1.54) is 17.7 Å². The van der Waals surface area contributed by atoms with Crippen LogP contribution in [-0.4, -0.2) is 11.0 Å². The van der Waals surface area contributed by atoms with Gasteiger partial charge < -0.3 is 10.4 Å². The molecule has 0 bridgehead atoms. The van der Waals surface area contributed by atoms with Crippen molar-refractivity contribution in [1.82, 2.24) is 0 Å². The SMILES string of the molecule is Cc1cc[n+](CCC(=O)Nc2cc(Cl)ccc2O)cc1. The number of phenols is 1. The normalized spacial score (nSPS) is 10.3. The summed E-state index contributed by atoms with van der Waals surface area (Å²) in [4.78, 5) is 11.8. The van der Waals surface area contributed by atoms with E-state index in [-0.39, 0.29) is 11.7 Å². The number of aromatic hydroxyl groups is 1. The van der Waals surface area contributed by atoms with Gasteiger partial charge in [0.05, 0.1) is 12.1 Å². The van der Waals surface area contributed by atoms with Crippen LogP contribution in [0.4, 0.5) is 5.69 Å². The standard InChI is InChI=1S/C15H15ClN2O2/c1-11-4-7-18(8-5-11)9-6-15(20)17-13-10-12(16)2-3-14(13)19/h2-5,7-8,10H,6,9H2,1H3,(H-,17,19,20)/p+1. The third-order valence-electron chi connectivity index (χ3n) is 2.89. The molecule has 0 aliphatic rings. The number of aromatic nitrogens is 1. The number of hydrogen-bond acceptors (Lipinski definition) is 2. The van der Waals surface area contributed by atoms with Gasteiger partial charge in [-0.25, -0.2) is 4.57 Å². The summed E-state index contributed by atoms with van der Waals surface area (Å²) < 4.78 is 1.93. The number of phenolic OH excluding ortho intramolecular Hbond substituents is 1. The van der Waals surface area contributed by atoms with Crippen LogP contribution in [0.25, 0.3) is 0 Å². The lowest BCUT2D eigenvalue weighted by molar-refractivity contribution is -0.695. The molecular weight excluding hydrogens is 276 g/mol. The summed E-state index contributed by atoms with van der Waals surface area (Å²) in [6, 6.07) is 8.51. The third kappa shape index (κ3) is 3.96. The average molecular weight is 292 g/mol. The number of rotatable bonds is 4. The van der Waals surface area contributed by atoms with Crippen LogP contribution in [0.1, 0.15) is 12.0 Å². The second kappa shape index (κ2) is 6.39. The highest BCUT2D eigenvalue weighted by atomic mass is 35.5. The first-order chi connectivity index (χ1) is 9.54. The molecule has 0 spiro atoms. The summed E-state index contributed by atoms with van der Waals surface area (Å²) in [7, 11) is 0. The smallest absolute Gasteiger partial charge is 0.230 e. The summed E-state index contributed by atoms with van der Waals surface area (Å²) in [6.07, 6.45) is 4.18. The largest absolute Gasteiger partial charge is 0.506 e. The van der Waals surface area contributed by atoms with E-state index in [0.29, 0.717) is 23.7 Å². The van der Waals surface area contributed by atoms with Crippen LogP contribution in [0.15, 0.2) is 42.7 Å². The van der Waals surface area contributed by atoms with Gasteiger partial charge in [0.2, 0.25) is 5.91 Å². The zero-order valence-electron chi connectivity index (χ0n) is 11.1. The number of hydrogen-bond donors (Lipinski definition) is 2. The number of halogens is 1. The average Bonchev–Trinajstić information content (AvgIpc) is 2.42. The van der Waals surface area contributed by atoms with Crippen molar-refractivity contribution >= 4 is 23.2 Å². The number of carbonyl (C=O) groups excluding carboxylic acids is 1. The first-order valence-corrected chi connectivity index (χ1v) is 6.66. The van der Waals surface area contributed by atoms with Crippen molar-refractivity contribution in [1.29, 1.82) is 0 Å². The zero-order chi connectivity index (χ0) is 14.5. The number of pyridine rings is 1. The number of anilines is 1. The van der Waals surface area contributed by atoms with Gasteiger partial charge in [0, 0.05) is 17.2 Å². The second-order valence-corrected chi connectivity index (χ2v) is 5.01. The molecule has 1 heterocycles. The molecule has 104 valence electrons. The van der Waals surface area contributed by atoms with Crippen molar-refractivity contribution in [2.45, 2.75) is 19.9 Å². The lowest BCUT2D eigenvalue weighted by atomic mass is 10.2. The van der Waals surface area contributed by atoms with Crippen molar-refractivity contribution in [3.63, 3.8) is 0 Å². The Kier molecular flexibility index (Phi) is 4.58. The van der Waals surface area contributed by atoms with Crippen LogP contribution in [0.2, 0.25) is 5.02 Å². The Labute approximate surface area is 122 Å². The van der Waals surface area contributed by atoms with Gasteiger partial charge in [-0.15, -0.1) is 0 Å². The fourth-order valence-corrected chi connectivity index (χ4v) is 1.90. The third-order valence-corrected chi connectivity index (χ3v) is 3.12. The summed E-state index contributed by atoms with van der Waals surface area (Å²) in [5.41, 5.74) is 1.51. The molecule has 0 atom stereocenters. The molecule has 1 aromatic heterocycles. The lowest BCUT2D eigenvalue weighted by Crippen LogP contribution is -2.34. The maximum atomic E-state index is 11.8. The molecule has 0 saturated carbocycles. The van der Waals surface area contributed by atoms with Gasteiger partial charge in [-0.3, -0.25) is 4.79 Å². The molecule has 2 N–H and O–H groups in total. The molecular formula is C15H16ClN2O2+. The van der Waals surface area contributed by atoms with E-state index in [0.717, 1.165) is 0 Å². The maximum absolute atomic E-state index is 11.8. The van der Waals surface area contributed by atoms with Crippen LogP contribution in [0, 0.1) is 6.92 Å². The van der Waals surface area contributed by atoms with Gasteiger partial charge in [0.1, 0.15) is 5.75 Å². The molecule has 2 aromatic rings. The fraction of sp³-hybridized carbons (Fsp3) is 0.200. The van der Waals surface area contributed by atoms with Gasteiger partial charge in [-0.05, 0) is 30.7 Å². The van der Waals surface area contributed by atoms with Gasteiger partial charge >= 0.3 is 0 Å². The van der Waals surface area contributed by atoms with Gasteiger partial charge in [0.25, 0.3) is 0 Å². The number of nitrogens with zero attached hydrogens (tertiary/aromatic N) is 1. The Hall–Kier alpha value is -2.07. The molecule has 2 rings (SSSR count). The van der Waals surface area contributed by atoms with Crippen LogP contribution in [-0.2, 0) is 11.3 Å². The number of aryl methyl sites for hydroxylation is 2. The molecule has 1 amide bonds. The quantitative estimate of drug-likeness (QED) is 0.672. The summed E-state index contributed by atoms with van der Waals surface area (Å²) in [6.45, 7) is 2.59. The minimum Gasteiger partial charge on any atom is -0.506 e. The molecule has 0 aliphatic heterocycles. The highest BCUT2D eigenvalue weighted by molar-refractivity contribution is 6.31. The first kappa shape index (κ1) is 14.3. The van der Waals surface area contributed by atoms with Crippen molar-refractivity contribution in [3.8, 4) is 5.75 Å². The minimum absolute atomic E-state index is 0.00531. The summed E-state index contributed by atoms with van der Waals surface area (Å²) in [5.74, 6) is -0.165. The van der Waals surface area contributed by atoms with Gasteiger partial charge in [-0.2, -0.15) is 0 Å². The van der Waals surface area contributed by atoms with E-state index in [1.54, 1.807) is 6.07 Å². The van der Waals surface area contributed by atoms with Crippen molar-refractivity contribution in [2.75, 3.05) is 5.32 Å². The number of benzene rings is 1. The summed E-state index contributed by atoms with van der Waals surface area (Å²) >= 11 is 5.82. The van der Waals surface area contributed by atoms with Gasteiger partial charge in [-0.1, -0.05) is 11.6 Å². The van der Waals surface area contributed by atoms with Crippen molar-refractivity contribution < 1.29 is 14.5 Å². The monoisotopic (exact) mass is 291 g/mol. The van der Waals surface area contributed by atoms with E-state index in [1.807, 2.05) is 36.0 Å². The molecule has 0 saturated heterocycles. The Morgan fingerprint density at radius 3 is 2.70 bits per heavy atom. The van der Waals surface area contributed by atoms with Crippen LogP contribution < -0.4 is 9.88 Å². The minimum atomic E-state index is -0.171. The Balaban J connectivity index is 1.92. The molecule has 5 heteroatoms. The fourth-order valence-electron chi connectivity index (χ4n) is 1.73. The maximum Gasteiger partial charge on any atom is 0.230 e. The highest BCUT2D eigenvalue weighted by Gasteiger charge is 2.09. The van der Waals surface area contributed by atoms with Crippen molar-refractivity contribution in [3.05, 3.63) is 53.3 Å². The van der Waals surface area contributed by atoms with E-state index in [2.05, 4.69) is 5.32 Å². The van der Waals surface area contributed by atoms with E-state index in [4.69, 9.17) is 11.6 Å². The highest BCUT2D eigenvalue weighted by Crippen LogP contribution is 2.26. The van der Waals surface area contributed by atoms with Crippen LogP contribution >= 0.6 is 11.6 Å².